The summed E-state index contributed by atoms with van der Waals surface area (Å²) in [5, 5.41) is 11.9. The van der Waals surface area contributed by atoms with E-state index in [0.717, 1.165) is 31.5 Å². The molecule has 4 nitrogen and oxygen atoms in total. The Morgan fingerprint density at radius 2 is 2.27 bits per heavy atom. The van der Waals surface area contributed by atoms with Gasteiger partial charge in [-0.1, -0.05) is 6.07 Å². The summed E-state index contributed by atoms with van der Waals surface area (Å²) < 4.78 is 4.97. The second-order valence-corrected chi connectivity index (χ2v) is 3.32. The highest BCUT2D eigenvalue weighted by molar-refractivity contribution is 5.17. The first-order valence-electron chi connectivity index (χ1n) is 5.17. The van der Waals surface area contributed by atoms with Crippen molar-refractivity contribution in [3.05, 3.63) is 23.9 Å². The van der Waals surface area contributed by atoms with Crippen molar-refractivity contribution in [1.29, 1.82) is 0 Å². The molecule has 15 heavy (non-hydrogen) atoms. The number of aliphatic hydroxyl groups excluding tert-OH is 1. The van der Waals surface area contributed by atoms with Crippen LogP contribution in [0.25, 0.3) is 0 Å². The Morgan fingerprint density at radius 1 is 1.40 bits per heavy atom. The maximum Gasteiger partial charge on any atom is 0.212 e. The van der Waals surface area contributed by atoms with Crippen molar-refractivity contribution in [2.45, 2.75) is 19.4 Å². The number of aliphatic hydroxyl groups is 1. The molecule has 0 fully saturated rings. The average Bonchev–Trinajstić information content (AvgIpc) is 2.30. The van der Waals surface area contributed by atoms with Gasteiger partial charge in [-0.3, -0.25) is 0 Å². The summed E-state index contributed by atoms with van der Waals surface area (Å²) in [6.45, 7) is 2.00. The van der Waals surface area contributed by atoms with Gasteiger partial charge in [0.2, 0.25) is 5.88 Å². The van der Waals surface area contributed by atoms with Crippen LogP contribution in [0, 0.1) is 0 Å². The zero-order chi connectivity index (χ0) is 10.9. The average molecular weight is 210 g/mol. The van der Waals surface area contributed by atoms with E-state index in [0.29, 0.717) is 5.88 Å². The Kier molecular flexibility index (Phi) is 5.73. The quantitative estimate of drug-likeness (QED) is 0.658. The van der Waals surface area contributed by atoms with E-state index in [1.54, 1.807) is 13.3 Å². The number of nitrogens with zero attached hydrogens (tertiary/aromatic N) is 1. The third-order valence-corrected chi connectivity index (χ3v) is 2.10. The fraction of sp³-hybridized carbons (Fsp3) is 0.545. The normalized spacial score (nSPS) is 10.3. The number of unbranched alkanes of at least 4 members (excludes halogenated alkanes) is 1. The van der Waals surface area contributed by atoms with Gasteiger partial charge in [0, 0.05) is 25.4 Å². The monoisotopic (exact) mass is 210 g/mol. The molecule has 0 radical (unpaired) electrons. The van der Waals surface area contributed by atoms with Gasteiger partial charge in [0.05, 0.1) is 7.11 Å². The lowest BCUT2D eigenvalue weighted by Gasteiger charge is -2.04. The molecule has 0 amide bonds. The number of pyridine rings is 1. The van der Waals surface area contributed by atoms with Gasteiger partial charge in [0.1, 0.15) is 0 Å². The number of hydrogen-bond donors (Lipinski definition) is 2. The number of ether oxygens (including phenoxy) is 1. The fourth-order valence-corrected chi connectivity index (χ4v) is 1.23. The van der Waals surface area contributed by atoms with Crippen molar-refractivity contribution < 1.29 is 9.84 Å². The van der Waals surface area contributed by atoms with Crippen LogP contribution in [-0.4, -0.2) is 30.4 Å². The number of aromatic nitrogens is 1. The predicted molar refractivity (Wildman–Crippen MR) is 58.8 cm³/mol. The highest BCUT2D eigenvalue weighted by atomic mass is 16.5. The highest BCUT2D eigenvalue weighted by Crippen LogP contribution is 2.05. The van der Waals surface area contributed by atoms with Crippen molar-refractivity contribution >= 4 is 0 Å². The SMILES string of the molecule is COc1ccc(CNCCCCO)cn1. The first kappa shape index (κ1) is 11.9. The Morgan fingerprint density at radius 3 is 2.87 bits per heavy atom. The topological polar surface area (TPSA) is 54.4 Å². The van der Waals surface area contributed by atoms with Crippen LogP contribution in [0.2, 0.25) is 0 Å². The minimum Gasteiger partial charge on any atom is -0.481 e. The Labute approximate surface area is 90.3 Å². The first-order chi connectivity index (χ1) is 7.36. The molecule has 1 aromatic heterocycles. The molecule has 0 aliphatic carbocycles. The predicted octanol–water partition coefficient (Wildman–Crippen LogP) is 0.952. The molecule has 0 atom stereocenters. The van der Waals surface area contributed by atoms with Crippen LogP contribution in [0.15, 0.2) is 18.3 Å². The van der Waals surface area contributed by atoms with Crippen molar-refractivity contribution in [3.63, 3.8) is 0 Å². The standard InChI is InChI=1S/C11H18N2O2/c1-15-11-5-4-10(9-13-11)8-12-6-2-3-7-14/h4-5,9,12,14H,2-3,6-8H2,1H3. The highest BCUT2D eigenvalue weighted by Gasteiger charge is 1.95. The van der Waals surface area contributed by atoms with Gasteiger partial charge >= 0.3 is 0 Å². The summed E-state index contributed by atoms with van der Waals surface area (Å²) in [7, 11) is 1.61. The molecule has 0 bridgehead atoms. The van der Waals surface area contributed by atoms with Crippen LogP contribution in [-0.2, 0) is 6.54 Å². The summed E-state index contributed by atoms with van der Waals surface area (Å²) in [6, 6.07) is 3.84. The van der Waals surface area contributed by atoms with E-state index in [-0.39, 0.29) is 6.61 Å². The molecule has 0 saturated heterocycles. The van der Waals surface area contributed by atoms with Crippen LogP contribution in [0.4, 0.5) is 0 Å². The van der Waals surface area contributed by atoms with Crippen LogP contribution in [0.5, 0.6) is 5.88 Å². The second-order valence-electron chi connectivity index (χ2n) is 3.32. The van der Waals surface area contributed by atoms with Crippen LogP contribution in [0.3, 0.4) is 0 Å². The van der Waals surface area contributed by atoms with E-state index in [2.05, 4.69) is 10.3 Å². The lowest BCUT2D eigenvalue weighted by molar-refractivity contribution is 0.283. The molecule has 1 heterocycles. The minimum absolute atomic E-state index is 0.270. The van der Waals surface area contributed by atoms with E-state index in [1.165, 1.54) is 0 Å². The maximum atomic E-state index is 8.59. The Balaban J connectivity index is 2.20. The largest absolute Gasteiger partial charge is 0.481 e. The molecule has 1 aromatic rings. The molecular formula is C11H18N2O2. The number of methoxy groups -OCH3 is 1. The van der Waals surface area contributed by atoms with Crippen molar-refractivity contribution in [3.8, 4) is 5.88 Å². The molecule has 84 valence electrons. The lowest BCUT2D eigenvalue weighted by atomic mass is 10.2. The van der Waals surface area contributed by atoms with Crippen molar-refractivity contribution in [2.24, 2.45) is 0 Å². The van der Waals surface area contributed by atoms with E-state index in [1.807, 2.05) is 12.1 Å². The molecule has 0 spiro atoms. The molecule has 2 N–H and O–H groups in total. The van der Waals surface area contributed by atoms with Gasteiger partial charge in [-0.05, 0) is 24.9 Å². The molecule has 0 aliphatic rings. The van der Waals surface area contributed by atoms with Gasteiger partial charge in [-0.25, -0.2) is 4.98 Å². The van der Waals surface area contributed by atoms with Crippen molar-refractivity contribution in [1.82, 2.24) is 10.3 Å². The van der Waals surface area contributed by atoms with Crippen LogP contribution < -0.4 is 10.1 Å². The zero-order valence-electron chi connectivity index (χ0n) is 9.07. The van der Waals surface area contributed by atoms with Gasteiger partial charge in [0.25, 0.3) is 0 Å². The molecule has 0 aliphatic heterocycles. The summed E-state index contributed by atoms with van der Waals surface area (Å²) in [5.41, 5.74) is 1.14. The van der Waals surface area contributed by atoms with Gasteiger partial charge in [-0.15, -0.1) is 0 Å². The molecule has 0 saturated carbocycles. The van der Waals surface area contributed by atoms with E-state index >= 15 is 0 Å². The minimum atomic E-state index is 0.270. The Hall–Kier alpha value is -1.13. The van der Waals surface area contributed by atoms with Crippen molar-refractivity contribution in [2.75, 3.05) is 20.3 Å². The van der Waals surface area contributed by atoms with Gasteiger partial charge < -0.3 is 15.2 Å². The molecule has 1 rings (SSSR count). The summed E-state index contributed by atoms with van der Waals surface area (Å²) >= 11 is 0. The smallest absolute Gasteiger partial charge is 0.212 e. The van der Waals surface area contributed by atoms with E-state index in [9.17, 15) is 0 Å². The van der Waals surface area contributed by atoms with E-state index in [4.69, 9.17) is 9.84 Å². The molecule has 4 heteroatoms. The van der Waals surface area contributed by atoms with Crippen LogP contribution >= 0.6 is 0 Å². The van der Waals surface area contributed by atoms with Gasteiger partial charge in [0.15, 0.2) is 0 Å². The van der Waals surface area contributed by atoms with Crippen LogP contribution in [0.1, 0.15) is 18.4 Å². The Bertz CT molecular complexity index is 262. The maximum absolute atomic E-state index is 8.59. The summed E-state index contributed by atoms with van der Waals surface area (Å²) in [5.74, 6) is 0.638. The third-order valence-electron chi connectivity index (χ3n) is 2.10. The second kappa shape index (κ2) is 7.20. The number of rotatable bonds is 7. The number of nitrogens with one attached hydrogen (secondary N) is 1. The molecule has 0 unspecified atom stereocenters. The third kappa shape index (κ3) is 4.76. The first-order valence-corrected chi connectivity index (χ1v) is 5.17. The van der Waals surface area contributed by atoms with Gasteiger partial charge in [-0.2, -0.15) is 0 Å². The molecular weight excluding hydrogens is 192 g/mol. The van der Waals surface area contributed by atoms with E-state index < -0.39 is 0 Å². The summed E-state index contributed by atoms with van der Waals surface area (Å²) in [6.07, 6.45) is 3.66. The summed E-state index contributed by atoms with van der Waals surface area (Å²) in [4.78, 5) is 4.11. The number of hydrogen-bond acceptors (Lipinski definition) is 4. The molecule has 0 aromatic carbocycles. The lowest BCUT2D eigenvalue weighted by Crippen LogP contribution is -2.15. The fourth-order valence-electron chi connectivity index (χ4n) is 1.23. The zero-order valence-corrected chi connectivity index (χ0v) is 9.07.